The van der Waals surface area contributed by atoms with Gasteiger partial charge in [-0.2, -0.15) is 8.42 Å². The zero-order valence-electron chi connectivity index (χ0n) is 12.9. The van der Waals surface area contributed by atoms with Crippen molar-refractivity contribution < 1.29 is 13.0 Å². The summed E-state index contributed by atoms with van der Waals surface area (Å²) in [6, 6.07) is 8.22. The normalized spacial score (nSPS) is 22.5. The number of rotatable bonds is 2. The molecule has 116 valence electrons. The highest BCUT2D eigenvalue weighted by Crippen LogP contribution is 2.49. The molecule has 0 aromatic heterocycles. The van der Waals surface area contributed by atoms with E-state index in [2.05, 4.69) is 24.3 Å². The second-order valence-electron chi connectivity index (χ2n) is 6.17. The summed E-state index contributed by atoms with van der Waals surface area (Å²) in [5, 5.41) is 0. The van der Waals surface area contributed by atoms with Gasteiger partial charge >= 0.3 is 0 Å². The van der Waals surface area contributed by atoms with Crippen molar-refractivity contribution in [2.45, 2.75) is 19.8 Å². The standard InChI is InChI=1S/C19H16O3S/c1-11-9-16(15-8-7-13-5-3-4-6-14(13)15)17-10-12(2)19(18(11)17)23(20,21)22/h3-10,15H,1-2H3,(H,20,21,22). The van der Waals surface area contributed by atoms with E-state index in [9.17, 15) is 13.0 Å². The smallest absolute Gasteiger partial charge is 0.282 e. The van der Waals surface area contributed by atoms with Crippen LogP contribution in [-0.4, -0.2) is 13.0 Å². The van der Waals surface area contributed by atoms with Gasteiger partial charge in [-0.25, -0.2) is 0 Å². The molecule has 0 radical (unpaired) electrons. The monoisotopic (exact) mass is 324 g/mol. The summed E-state index contributed by atoms with van der Waals surface area (Å²) in [6.07, 6.45) is 8.16. The Hall–Kier alpha value is -2.17. The molecular weight excluding hydrogens is 308 g/mol. The largest absolute Gasteiger partial charge is 0.295 e. The summed E-state index contributed by atoms with van der Waals surface area (Å²) < 4.78 is 33.1. The first-order chi connectivity index (χ1) is 10.9. The lowest BCUT2D eigenvalue weighted by Gasteiger charge is -2.12. The Morgan fingerprint density at radius 2 is 1.78 bits per heavy atom. The zero-order chi connectivity index (χ0) is 16.4. The van der Waals surface area contributed by atoms with E-state index in [4.69, 9.17) is 0 Å². The average molecular weight is 324 g/mol. The van der Waals surface area contributed by atoms with Gasteiger partial charge in [0.1, 0.15) is 4.91 Å². The van der Waals surface area contributed by atoms with Crippen LogP contribution >= 0.6 is 0 Å². The number of benzene rings is 1. The summed E-state index contributed by atoms with van der Waals surface area (Å²) in [5.41, 5.74) is 6.56. The highest BCUT2D eigenvalue weighted by atomic mass is 32.2. The van der Waals surface area contributed by atoms with E-state index in [0.717, 1.165) is 16.7 Å². The Balaban J connectivity index is 1.94. The third-order valence-corrected chi connectivity index (χ3v) is 5.73. The van der Waals surface area contributed by atoms with Crippen molar-refractivity contribution in [3.63, 3.8) is 0 Å². The van der Waals surface area contributed by atoms with Gasteiger partial charge in [-0.1, -0.05) is 42.5 Å². The first kappa shape index (κ1) is 14.4. The molecule has 3 aliphatic carbocycles. The van der Waals surface area contributed by atoms with Crippen LogP contribution in [0, 0.1) is 0 Å². The third-order valence-electron chi connectivity index (χ3n) is 4.69. The van der Waals surface area contributed by atoms with Crippen LogP contribution < -0.4 is 0 Å². The van der Waals surface area contributed by atoms with Crippen molar-refractivity contribution in [2.75, 3.05) is 0 Å². The van der Waals surface area contributed by atoms with Gasteiger partial charge in [0.05, 0.1) is 0 Å². The van der Waals surface area contributed by atoms with E-state index < -0.39 is 10.1 Å². The van der Waals surface area contributed by atoms with Crippen molar-refractivity contribution in [2.24, 2.45) is 0 Å². The summed E-state index contributed by atoms with van der Waals surface area (Å²) >= 11 is 0. The lowest BCUT2D eigenvalue weighted by atomic mass is 9.91. The highest BCUT2D eigenvalue weighted by molar-refractivity contribution is 7.90. The Bertz CT molecular complexity index is 999. The van der Waals surface area contributed by atoms with Gasteiger partial charge in [-0.05, 0) is 53.3 Å². The molecule has 4 heteroatoms. The van der Waals surface area contributed by atoms with Crippen molar-refractivity contribution in [1.82, 2.24) is 0 Å². The molecular formula is C19H16O3S. The quantitative estimate of drug-likeness (QED) is 0.831. The molecule has 0 saturated carbocycles. The average Bonchev–Trinajstić information content (AvgIpc) is 3.12. The molecule has 4 rings (SSSR count). The topological polar surface area (TPSA) is 54.4 Å². The van der Waals surface area contributed by atoms with Crippen molar-refractivity contribution in [1.29, 1.82) is 0 Å². The second-order valence-corrected chi connectivity index (χ2v) is 7.53. The Morgan fingerprint density at radius 3 is 2.52 bits per heavy atom. The Kier molecular flexibility index (Phi) is 2.92. The van der Waals surface area contributed by atoms with Gasteiger partial charge < -0.3 is 0 Å². The summed E-state index contributed by atoms with van der Waals surface area (Å²) in [7, 11) is -4.23. The summed E-state index contributed by atoms with van der Waals surface area (Å²) in [6.45, 7) is 3.62. The molecule has 1 aromatic carbocycles. The molecule has 23 heavy (non-hydrogen) atoms. The van der Waals surface area contributed by atoms with E-state index in [1.54, 1.807) is 6.92 Å². The molecule has 3 nitrogen and oxygen atoms in total. The maximum absolute atomic E-state index is 11.8. The van der Waals surface area contributed by atoms with Gasteiger partial charge in [0.25, 0.3) is 10.1 Å². The molecule has 0 fully saturated rings. The molecule has 1 atom stereocenters. The minimum atomic E-state index is -4.23. The van der Waals surface area contributed by atoms with Gasteiger partial charge in [0, 0.05) is 11.5 Å². The van der Waals surface area contributed by atoms with E-state index in [1.165, 1.54) is 11.1 Å². The van der Waals surface area contributed by atoms with Crippen LogP contribution in [0.25, 0.3) is 6.08 Å². The molecule has 1 aromatic rings. The predicted octanol–water partition coefficient (Wildman–Crippen LogP) is 4.16. The fraction of sp³-hybridized carbons (Fsp3) is 0.158. The summed E-state index contributed by atoms with van der Waals surface area (Å²) in [4.78, 5) is 0.0477. The molecule has 0 saturated heterocycles. The summed E-state index contributed by atoms with van der Waals surface area (Å²) in [5.74, 6) is 0.124. The second kappa shape index (κ2) is 4.66. The van der Waals surface area contributed by atoms with Gasteiger partial charge in [0.2, 0.25) is 0 Å². The third kappa shape index (κ3) is 2.02. The van der Waals surface area contributed by atoms with Crippen LogP contribution in [-0.2, 0) is 10.1 Å². The van der Waals surface area contributed by atoms with E-state index >= 15 is 0 Å². The van der Waals surface area contributed by atoms with Crippen LogP contribution in [0.15, 0.2) is 75.3 Å². The lowest BCUT2D eigenvalue weighted by Crippen LogP contribution is -2.04. The predicted molar refractivity (Wildman–Crippen MR) is 91.3 cm³/mol. The van der Waals surface area contributed by atoms with Crippen LogP contribution in [0.1, 0.15) is 30.9 Å². The molecule has 0 spiro atoms. The van der Waals surface area contributed by atoms with E-state index in [1.807, 2.05) is 31.2 Å². The SMILES string of the molecule is CC1=CC(C2C=Cc3ccccc32)=C2C=C(C)C(S(=O)(=O)O)=C12. The van der Waals surface area contributed by atoms with Gasteiger partial charge in [-0.15, -0.1) is 0 Å². The molecule has 0 bridgehead atoms. The number of allylic oxidation sites excluding steroid dienone is 8. The number of hydrogen-bond donors (Lipinski definition) is 1. The minimum absolute atomic E-state index is 0.0477. The van der Waals surface area contributed by atoms with E-state index in [-0.39, 0.29) is 10.8 Å². The van der Waals surface area contributed by atoms with Crippen LogP contribution in [0.5, 0.6) is 0 Å². The number of hydrogen-bond acceptors (Lipinski definition) is 2. The van der Waals surface area contributed by atoms with Gasteiger partial charge in [0.15, 0.2) is 0 Å². The van der Waals surface area contributed by atoms with Crippen molar-refractivity contribution >= 4 is 16.2 Å². The fourth-order valence-corrected chi connectivity index (χ4v) is 4.78. The Morgan fingerprint density at radius 1 is 1.04 bits per heavy atom. The minimum Gasteiger partial charge on any atom is -0.282 e. The zero-order valence-corrected chi connectivity index (χ0v) is 13.7. The first-order valence-corrected chi connectivity index (χ1v) is 8.92. The molecule has 0 heterocycles. The molecule has 1 N–H and O–H groups in total. The molecule has 3 aliphatic rings. The van der Waals surface area contributed by atoms with Crippen molar-refractivity contribution in [3.8, 4) is 0 Å². The van der Waals surface area contributed by atoms with Crippen LogP contribution in [0.4, 0.5) is 0 Å². The van der Waals surface area contributed by atoms with E-state index in [0.29, 0.717) is 11.1 Å². The van der Waals surface area contributed by atoms with Crippen molar-refractivity contribution in [3.05, 3.63) is 86.4 Å². The molecule has 1 unspecified atom stereocenters. The first-order valence-electron chi connectivity index (χ1n) is 7.48. The van der Waals surface area contributed by atoms with Gasteiger partial charge in [-0.3, -0.25) is 4.55 Å². The highest BCUT2D eigenvalue weighted by Gasteiger charge is 2.35. The maximum atomic E-state index is 11.8. The van der Waals surface area contributed by atoms with Crippen LogP contribution in [0.2, 0.25) is 0 Å². The molecule has 0 amide bonds. The lowest BCUT2D eigenvalue weighted by molar-refractivity contribution is 0.491. The Labute approximate surface area is 135 Å². The fourth-order valence-electron chi connectivity index (χ4n) is 3.79. The maximum Gasteiger partial charge on any atom is 0.295 e. The van der Waals surface area contributed by atoms with Crippen LogP contribution in [0.3, 0.4) is 0 Å². The molecule has 0 aliphatic heterocycles. The number of fused-ring (bicyclic) bond motifs is 2.